The van der Waals surface area contributed by atoms with Gasteiger partial charge in [0, 0.05) is 0 Å². The third-order valence-corrected chi connectivity index (χ3v) is 4.19. The quantitative estimate of drug-likeness (QED) is 0.627. The van der Waals surface area contributed by atoms with Gasteiger partial charge in [-0.05, 0) is 38.1 Å². The lowest BCUT2D eigenvalue weighted by atomic mass is 10.2. The minimum Gasteiger partial charge on any atom is -0.267 e. The van der Waals surface area contributed by atoms with Crippen molar-refractivity contribution in [1.29, 1.82) is 0 Å². The van der Waals surface area contributed by atoms with Crippen LogP contribution in [0.1, 0.15) is 21.7 Å². The maximum Gasteiger partial charge on any atom is 0.273 e. The Bertz CT molecular complexity index is 1060. The minimum absolute atomic E-state index is 0.208. The van der Waals surface area contributed by atoms with Crippen LogP contribution in [0.25, 0.3) is 16.7 Å². The Kier molecular flexibility index (Phi) is 3.57. The number of fused-ring (bicyclic) bond motifs is 1. The standard InChI is InChI=1S/C19H17N5O/c1-13-18(14(2)24(21-13)15-8-4-3-5-9-15)19(25)22-23-12-20-16-10-6-7-11-17(16)23/h3-12H,1-2H3,(H,22,25). The van der Waals surface area contributed by atoms with Crippen molar-refractivity contribution in [3.8, 4) is 5.69 Å². The average Bonchev–Trinajstić information content (AvgIpc) is 3.16. The van der Waals surface area contributed by atoms with Gasteiger partial charge < -0.3 is 0 Å². The highest BCUT2D eigenvalue weighted by molar-refractivity contribution is 6.02. The number of para-hydroxylation sites is 3. The Hall–Kier alpha value is -3.41. The van der Waals surface area contributed by atoms with Crippen molar-refractivity contribution < 1.29 is 4.79 Å². The smallest absolute Gasteiger partial charge is 0.267 e. The number of aryl methyl sites for hydroxylation is 1. The zero-order valence-corrected chi connectivity index (χ0v) is 14.0. The fourth-order valence-corrected chi connectivity index (χ4v) is 3.01. The van der Waals surface area contributed by atoms with Crippen LogP contribution < -0.4 is 5.43 Å². The van der Waals surface area contributed by atoms with Gasteiger partial charge in [0.15, 0.2) is 0 Å². The number of carbonyl (C=O) groups is 1. The highest BCUT2D eigenvalue weighted by atomic mass is 16.2. The van der Waals surface area contributed by atoms with Crippen LogP contribution in [0.3, 0.4) is 0 Å². The van der Waals surface area contributed by atoms with Crippen molar-refractivity contribution in [2.45, 2.75) is 13.8 Å². The molecule has 0 spiro atoms. The second-order valence-electron chi connectivity index (χ2n) is 5.84. The second-order valence-corrected chi connectivity index (χ2v) is 5.84. The Morgan fingerprint density at radius 2 is 1.72 bits per heavy atom. The van der Waals surface area contributed by atoms with Crippen LogP contribution in [-0.2, 0) is 0 Å². The molecule has 2 heterocycles. The predicted molar refractivity (Wildman–Crippen MR) is 96.5 cm³/mol. The van der Waals surface area contributed by atoms with Gasteiger partial charge >= 0.3 is 0 Å². The van der Waals surface area contributed by atoms with E-state index in [1.807, 2.05) is 68.4 Å². The van der Waals surface area contributed by atoms with Crippen molar-refractivity contribution in [2.24, 2.45) is 0 Å². The zero-order valence-electron chi connectivity index (χ0n) is 14.0. The van der Waals surface area contributed by atoms with E-state index in [4.69, 9.17) is 0 Å². The summed E-state index contributed by atoms with van der Waals surface area (Å²) in [5.41, 5.74) is 7.55. The molecule has 0 fully saturated rings. The summed E-state index contributed by atoms with van der Waals surface area (Å²) in [5.74, 6) is -0.208. The molecule has 124 valence electrons. The van der Waals surface area contributed by atoms with E-state index in [2.05, 4.69) is 15.5 Å². The summed E-state index contributed by atoms with van der Waals surface area (Å²) in [7, 11) is 0. The van der Waals surface area contributed by atoms with Gasteiger partial charge in [-0.2, -0.15) is 5.10 Å². The number of amides is 1. The monoisotopic (exact) mass is 331 g/mol. The number of hydrogen-bond donors (Lipinski definition) is 1. The Morgan fingerprint density at radius 1 is 1.00 bits per heavy atom. The Morgan fingerprint density at radius 3 is 2.52 bits per heavy atom. The highest BCUT2D eigenvalue weighted by Gasteiger charge is 2.20. The molecule has 4 rings (SSSR count). The summed E-state index contributed by atoms with van der Waals surface area (Å²) in [6.45, 7) is 3.74. The lowest BCUT2D eigenvalue weighted by Gasteiger charge is -2.08. The van der Waals surface area contributed by atoms with E-state index < -0.39 is 0 Å². The molecule has 0 atom stereocenters. The topological polar surface area (TPSA) is 64.7 Å². The van der Waals surface area contributed by atoms with E-state index in [1.54, 1.807) is 15.7 Å². The van der Waals surface area contributed by atoms with Crippen LogP contribution >= 0.6 is 0 Å². The molecule has 0 saturated heterocycles. The van der Waals surface area contributed by atoms with E-state index in [0.717, 1.165) is 22.4 Å². The molecule has 1 amide bonds. The molecule has 2 aromatic carbocycles. The third kappa shape index (κ3) is 2.57. The molecule has 0 aliphatic carbocycles. The molecule has 0 unspecified atom stereocenters. The highest BCUT2D eigenvalue weighted by Crippen LogP contribution is 2.18. The van der Waals surface area contributed by atoms with Gasteiger partial charge in [-0.25, -0.2) is 14.3 Å². The van der Waals surface area contributed by atoms with Gasteiger partial charge in [-0.1, -0.05) is 30.3 Å². The molecule has 4 aromatic rings. The molecular weight excluding hydrogens is 314 g/mol. The fraction of sp³-hybridized carbons (Fsp3) is 0.105. The first-order chi connectivity index (χ1) is 12.1. The molecule has 1 N–H and O–H groups in total. The Labute approximate surface area is 144 Å². The number of imidazole rings is 1. The first-order valence-electron chi connectivity index (χ1n) is 8.00. The van der Waals surface area contributed by atoms with Crippen LogP contribution in [0.2, 0.25) is 0 Å². The van der Waals surface area contributed by atoms with Crippen molar-refractivity contribution in [2.75, 3.05) is 5.43 Å². The summed E-state index contributed by atoms with van der Waals surface area (Å²) >= 11 is 0. The van der Waals surface area contributed by atoms with E-state index >= 15 is 0 Å². The lowest BCUT2D eigenvalue weighted by Crippen LogP contribution is -2.23. The fourth-order valence-electron chi connectivity index (χ4n) is 3.01. The van der Waals surface area contributed by atoms with Crippen molar-refractivity contribution in [3.05, 3.63) is 77.9 Å². The maximum absolute atomic E-state index is 12.8. The van der Waals surface area contributed by atoms with E-state index in [1.165, 1.54) is 0 Å². The molecule has 0 aliphatic heterocycles. The molecular formula is C19H17N5O. The molecule has 2 aromatic heterocycles. The molecule has 25 heavy (non-hydrogen) atoms. The van der Waals surface area contributed by atoms with Crippen molar-refractivity contribution >= 4 is 16.9 Å². The van der Waals surface area contributed by atoms with Gasteiger partial charge in [0.1, 0.15) is 6.33 Å². The normalized spacial score (nSPS) is 11.0. The average molecular weight is 331 g/mol. The zero-order chi connectivity index (χ0) is 17.4. The number of nitrogens with zero attached hydrogens (tertiary/aromatic N) is 4. The molecule has 0 radical (unpaired) electrons. The lowest BCUT2D eigenvalue weighted by molar-refractivity contribution is 0.101. The summed E-state index contributed by atoms with van der Waals surface area (Å²) in [6.07, 6.45) is 1.61. The van der Waals surface area contributed by atoms with E-state index in [9.17, 15) is 4.79 Å². The summed E-state index contributed by atoms with van der Waals surface area (Å²) in [6, 6.07) is 17.4. The molecule has 0 aliphatic rings. The number of carbonyl (C=O) groups excluding carboxylic acids is 1. The largest absolute Gasteiger partial charge is 0.273 e. The molecule has 0 bridgehead atoms. The Balaban J connectivity index is 1.70. The molecule has 6 heteroatoms. The van der Waals surface area contributed by atoms with Crippen LogP contribution in [-0.4, -0.2) is 25.3 Å². The van der Waals surface area contributed by atoms with Gasteiger partial charge in [-0.3, -0.25) is 10.2 Å². The number of rotatable bonds is 3. The number of benzene rings is 2. The summed E-state index contributed by atoms with van der Waals surface area (Å²) < 4.78 is 3.42. The number of nitrogens with one attached hydrogen (secondary N) is 1. The van der Waals surface area contributed by atoms with Crippen LogP contribution in [0.15, 0.2) is 60.9 Å². The summed E-state index contributed by atoms with van der Waals surface area (Å²) in [4.78, 5) is 17.1. The minimum atomic E-state index is -0.208. The van der Waals surface area contributed by atoms with Crippen LogP contribution in [0.5, 0.6) is 0 Å². The van der Waals surface area contributed by atoms with Crippen LogP contribution in [0.4, 0.5) is 0 Å². The first kappa shape index (κ1) is 15.1. The van der Waals surface area contributed by atoms with E-state index in [0.29, 0.717) is 11.3 Å². The maximum atomic E-state index is 12.8. The van der Waals surface area contributed by atoms with Gasteiger partial charge in [0.25, 0.3) is 5.91 Å². The van der Waals surface area contributed by atoms with E-state index in [-0.39, 0.29) is 5.91 Å². The van der Waals surface area contributed by atoms with Crippen LogP contribution in [0, 0.1) is 13.8 Å². The predicted octanol–water partition coefficient (Wildman–Crippen LogP) is 3.22. The second kappa shape index (κ2) is 5.90. The molecule has 6 nitrogen and oxygen atoms in total. The van der Waals surface area contributed by atoms with Crippen molar-refractivity contribution in [3.63, 3.8) is 0 Å². The van der Waals surface area contributed by atoms with Gasteiger partial charge in [0.2, 0.25) is 0 Å². The van der Waals surface area contributed by atoms with Gasteiger partial charge in [-0.15, -0.1) is 0 Å². The number of hydrogen-bond acceptors (Lipinski definition) is 3. The summed E-state index contributed by atoms with van der Waals surface area (Å²) in [5, 5.41) is 4.52. The first-order valence-corrected chi connectivity index (χ1v) is 8.00. The van der Waals surface area contributed by atoms with Gasteiger partial charge in [0.05, 0.1) is 33.7 Å². The SMILES string of the molecule is Cc1nn(-c2ccccc2)c(C)c1C(=O)Nn1cnc2ccccc21. The third-order valence-electron chi connectivity index (χ3n) is 4.19. The molecule has 0 saturated carbocycles. The number of aromatic nitrogens is 4. The van der Waals surface area contributed by atoms with Crippen molar-refractivity contribution in [1.82, 2.24) is 19.4 Å².